The van der Waals surface area contributed by atoms with Crippen molar-refractivity contribution in [1.29, 1.82) is 0 Å². The Balaban J connectivity index is 1.57. The molecule has 1 saturated carbocycles. The standard InChI is InChI=1S/C21H20N4O3/c1-2-25-19(27)16-11-7-6-10-15(16)17(24-25)18(26)22-23-20(28)21(12-13-21)14-8-4-3-5-9-14/h3-11H,2,12-13H2,1H3,(H,22,26)(H,23,28). The number of carbonyl (C=O) groups excluding carboxylic acids is 2. The van der Waals surface area contributed by atoms with Gasteiger partial charge in [0.2, 0.25) is 5.91 Å². The zero-order chi connectivity index (χ0) is 19.7. The van der Waals surface area contributed by atoms with E-state index in [2.05, 4.69) is 16.0 Å². The first kappa shape index (κ1) is 17.9. The molecular formula is C21H20N4O3. The predicted molar refractivity (Wildman–Crippen MR) is 105 cm³/mol. The van der Waals surface area contributed by atoms with Crippen LogP contribution in [0.15, 0.2) is 59.4 Å². The second-order valence-corrected chi connectivity index (χ2v) is 6.87. The minimum absolute atomic E-state index is 0.0990. The fourth-order valence-electron chi connectivity index (χ4n) is 3.44. The van der Waals surface area contributed by atoms with E-state index in [9.17, 15) is 14.4 Å². The molecule has 1 aliphatic carbocycles. The molecule has 7 nitrogen and oxygen atoms in total. The van der Waals surface area contributed by atoms with Crippen molar-refractivity contribution in [2.75, 3.05) is 0 Å². The Bertz CT molecular complexity index is 1120. The van der Waals surface area contributed by atoms with Crippen LogP contribution in [0, 0.1) is 0 Å². The van der Waals surface area contributed by atoms with Crippen molar-refractivity contribution in [2.45, 2.75) is 31.7 Å². The lowest BCUT2D eigenvalue weighted by Crippen LogP contribution is -2.47. The number of rotatable bonds is 4. The van der Waals surface area contributed by atoms with E-state index in [4.69, 9.17) is 0 Å². The summed E-state index contributed by atoms with van der Waals surface area (Å²) in [5.74, 6) is -0.809. The molecule has 7 heteroatoms. The minimum Gasteiger partial charge on any atom is -0.272 e. The SMILES string of the molecule is CCn1nc(C(=O)NNC(=O)C2(c3ccccc3)CC2)c2ccccc2c1=O. The summed E-state index contributed by atoms with van der Waals surface area (Å²) in [4.78, 5) is 37.8. The summed E-state index contributed by atoms with van der Waals surface area (Å²) in [7, 11) is 0. The lowest BCUT2D eigenvalue weighted by Gasteiger charge is -2.16. The Labute approximate surface area is 161 Å². The normalized spacial score (nSPS) is 14.5. The van der Waals surface area contributed by atoms with Crippen LogP contribution in [0.4, 0.5) is 0 Å². The highest BCUT2D eigenvalue weighted by atomic mass is 16.2. The van der Waals surface area contributed by atoms with Crippen molar-refractivity contribution >= 4 is 22.6 Å². The summed E-state index contributed by atoms with van der Waals surface area (Å²) in [6.07, 6.45) is 1.47. The van der Waals surface area contributed by atoms with Gasteiger partial charge in [0, 0.05) is 11.9 Å². The highest BCUT2D eigenvalue weighted by molar-refractivity contribution is 6.05. The zero-order valence-electron chi connectivity index (χ0n) is 15.4. The van der Waals surface area contributed by atoms with Crippen LogP contribution in [-0.4, -0.2) is 21.6 Å². The van der Waals surface area contributed by atoms with Gasteiger partial charge in [0.15, 0.2) is 5.69 Å². The summed E-state index contributed by atoms with van der Waals surface area (Å²) in [6, 6.07) is 16.3. The number of nitrogens with one attached hydrogen (secondary N) is 2. The van der Waals surface area contributed by atoms with Gasteiger partial charge in [0.1, 0.15) is 0 Å². The average molecular weight is 376 g/mol. The van der Waals surface area contributed by atoms with Crippen LogP contribution in [0.5, 0.6) is 0 Å². The molecule has 1 fully saturated rings. The highest BCUT2D eigenvalue weighted by Crippen LogP contribution is 2.48. The van der Waals surface area contributed by atoms with Crippen molar-refractivity contribution in [1.82, 2.24) is 20.6 Å². The van der Waals surface area contributed by atoms with Crippen molar-refractivity contribution < 1.29 is 9.59 Å². The smallest absolute Gasteiger partial charge is 0.272 e. The third-order valence-corrected chi connectivity index (χ3v) is 5.18. The third-order valence-electron chi connectivity index (χ3n) is 5.18. The van der Waals surface area contributed by atoms with Gasteiger partial charge in [-0.05, 0) is 31.4 Å². The molecule has 0 unspecified atom stereocenters. The molecule has 28 heavy (non-hydrogen) atoms. The third kappa shape index (κ3) is 2.94. The van der Waals surface area contributed by atoms with Gasteiger partial charge in [0.05, 0.1) is 10.8 Å². The lowest BCUT2D eigenvalue weighted by molar-refractivity contribution is -0.124. The quantitative estimate of drug-likeness (QED) is 0.680. The number of benzene rings is 2. The van der Waals surface area contributed by atoms with Gasteiger partial charge in [-0.15, -0.1) is 0 Å². The first-order valence-corrected chi connectivity index (χ1v) is 9.23. The number of nitrogens with zero attached hydrogens (tertiary/aromatic N) is 2. The van der Waals surface area contributed by atoms with E-state index in [1.165, 1.54) is 4.68 Å². The van der Waals surface area contributed by atoms with E-state index in [1.54, 1.807) is 31.2 Å². The Morgan fingerprint density at radius 2 is 1.64 bits per heavy atom. The first-order valence-electron chi connectivity index (χ1n) is 9.23. The van der Waals surface area contributed by atoms with Crippen molar-refractivity contribution in [2.24, 2.45) is 0 Å². The lowest BCUT2D eigenvalue weighted by atomic mass is 9.95. The molecule has 0 aliphatic heterocycles. The molecule has 0 bridgehead atoms. The van der Waals surface area contributed by atoms with E-state index in [1.807, 2.05) is 30.3 Å². The zero-order valence-corrected chi connectivity index (χ0v) is 15.4. The van der Waals surface area contributed by atoms with Crippen LogP contribution < -0.4 is 16.4 Å². The topological polar surface area (TPSA) is 93.1 Å². The maximum atomic E-state index is 12.7. The second kappa shape index (κ2) is 6.92. The molecule has 0 atom stereocenters. The number of hydrogen-bond acceptors (Lipinski definition) is 4. The Hall–Kier alpha value is -3.48. The van der Waals surface area contributed by atoms with Gasteiger partial charge in [0.25, 0.3) is 11.5 Å². The van der Waals surface area contributed by atoms with Gasteiger partial charge < -0.3 is 0 Å². The summed E-state index contributed by atoms with van der Waals surface area (Å²) < 4.78 is 1.24. The fourth-order valence-corrected chi connectivity index (χ4v) is 3.44. The van der Waals surface area contributed by atoms with E-state index in [0.29, 0.717) is 17.3 Å². The number of carbonyl (C=O) groups is 2. The van der Waals surface area contributed by atoms with E-state index >= 15 is 0 Å². The largest absolute Gasteiger partial charge is 0.290 e. The summed E-state index contributed by atoms with van der Waals surface area (Å²) >= 11 is 0. The highest BCUT2D eigenvalue weighted by Gasteiger charge is 2.51. The summed E-state index contributed by atoms with van der Waals surface area (Å²) in [5.41, 5.74) is 5.19. The van der Waals surface area contributed by atoms with Crippen LogP contribution in [0.2, 0.25) is 0 Å². The molecule has 2 amide bonds. The van der Waals surface area contributed by atoms with Crippen LogP contribution in [0.3, 0.4) is 0 Å². The maximum Gasteiger partial charge on any atom is 0.290 e. The van der Waals surface area contributed by atoms with Crippen molar-refractivity contribution in [3.05, 3.63) is 76.2 Å². The Morgan fingerprint density at radius 3 is 2.29 bits per heavy atom. The van der Waals surface area contributed by atoms with E-state index in [0.717, 1.165) is 18.4 Å². The van der Waals surface area contributed by atoms with Gasteiger partial charge in [-0.3, -0.25) is 25.2 Å². The van der Waals surface area contributed by atoms with Gasteiger partial charge in [-0.25, -0.2) is 4.68 Å². The maximum absolute atomic E-state index is 12.7. The fraction of sp³-hybridized carbons (Fsp3) is 0.238. The van der Waals surface area contributed by atoms with Gasteiger partial charge >= 0.3 is 0 Å². The Kier molecular flexibility index (Phi) is 4.43. The monoisotopic (exact) mass is 376 g/mol. The van der Waals surface area contributed by atoms with Crippen molar-refractivity contribution in [3.8, 4) is 0 Å². The number of hydrogen-bond donors (Lipinski definition) is 2. The van der Waals surface area contributed by atoms with Crippen LogP contribution >= 0.6 is 0 Å². The molecule has 142 valence electrons. The average Bonchev–Trinajstić information content (AvgIpc) is 3.55. The summed E-state index contributed by atoms with van der Waals surface area (Å²) in [5, 5.41) is 5.04. The predicted octanol–water partition coefficient (Wildman–Crippen LogP) is 1.91. The molecule has 2 N–H and O–H groups in total. The van der Waals surface area contributed by atoms with Gasteiger partial charge in [-0.1, -0.05) is 48.5 Å². The Morgan fingerprint density at radius 1 is 1.00 bits per heavy atom. The molecule has 4 rings (SSSR count). The second-order valence-electron chi connectivity index (χ2n) is 6.87. The summed E-state index contributed by atoms with van der Waals surface area (Å²) in [6.45, 7) is 2.12. The molecule has 1 heterocycles. The molecular weight excluding hydrogens is 356 g/mol. The van der Waals surface area contributed by atoms with E-state index in [-0.39, 0.29) is 17.2 Å². The number of amides is 2. The number of hydrazine groups is 1. The number of aryl methyl sites for hydroxylation is 1. The molecule has 1 aliphatic rings. The molecule has 3 aromatic rings. The van der Waals surface area contributed by atoms with Crippen LogP contribution in [0.1, 0.15) is 35.8 Å². The molecule has 2 aromatic carbocycles. The molecule has 0 saturated heterocycles. The molecule has 0 radical (unpaired) electrons. The van der Waals surface area contributed by atoms with Crippen LogP contribution in [-0.2, 0) is 16.8 Å². The molecule has 1 aromatic heterocycles. The number of fused-ring (bicyclic) bond motifs is 1. The van der Waals surface area contributed by atoms with Crippen molar-refractivity contribution in [3.63, 3.8) is 0 Å². The van der Waals surface area contributed by atoms with E-state index < -0.39 is 11.3 Å². The minimum atomic E-state index is -0.591. The van der Waals surface area contributed by atoms with Crippen LogP contribution in [0.25, 0.3) is 10.8 Å². The van der Waals surface area contributed by atoms with Gasteiger partial charge in [-0.2, -0.15) is 5.10 Å². The molecule has 0 spiro atoms. The first-order chi connectivity index (χ1) is 13.6. The number of aromatic nitrogens is 2.